The largest absolute Gasteiger partial charge is 0.480 e. The third-order valence-electron chi connectivity index (χ3n) is 2.70. The Balaban J connectivity index is 3.00. The van der Waals surface area contributed by atoms with Gasteiger partial charge in [0, 0.05) is 24.2 Å². The first kappa shape index (κ1) is 15.0. The number of carbonyl (C=O) groups is 1. The third-order valence-corrected chi connectivity index (χ3v) is 2.70. The number of hydrogen-bond donors (Lipinski definition) is 1. The van der Waals surface area contributed by atoms with Crippen LogP contribution < -0.4 is 0 Å². The summed E-state index contributed by atoms with van der Waals surface area (Å²) in [6.07, 6.45) is 0. The van der Waals surface area contributed by atoms with Gasteiger partial charge < -0.3 is 5.11 Å². The Morgan fingerprint density at radius 1 is 1.53 bits per heavy atom. The summed E-state index contributed by atoms with van der Waals surface area (Å²) in [6, 6.07) is 3.76. The number of carboxylic acids is 1. The third kappa shape index (κ3) is 3.99. The molecule has 0 heterocycles. The van der Waals surface area contributed by atoms with Crippen molar-refractivity contribution in [2.75, 3.05) is 6.54 Å². The molecule has 0 aromatic heterocycles. The zero-order valence-corrected chi connectivity index (χ0v) is 10.7. The molecular weight excluding hydrogens is 255 g/mol. The molecule has 0 atom stereocenters. The zero-order chi connectivity index (χ0) is 14.6. The average Bonchev–Trinajstić information content (AvgIpc) is 2.29. The molecule has 1 aromatic rings. The summed E-state index contributed by atoms with van der Waals surface area (Å²) < 4.78 is 13.9. The lowest BCUT2D eigenvalue weighted by molar-refractivity contribution is -0.387. The number of rotatable bonds is 6. The van der Waals surface area contributed by atoms with Crippen LogP contribution in [0.3, 0.4) is 0 Å². The van der Waals surface area contributed by atoms with Gasteiger partial charge in [-0.15, -0.1) is 0 Å². The zero-order valence-electron chi connectivity index (χ0n) is 10.7. The van der Waals surface area contributed by atoms with Crippen LogP contribution in [-0.2, 0) is 11.3 Å². The van der Waals surface area contributed by atoms with Crippen molar-refractivity contribution in [1.82, 2.24) is 4.90 Å². The predicted molar refractivity (Wildman–Crippen MR) is 66.2 cm³/mol. The van der Waals surface area contributed by atoms with Crippen molar-refractivity contribution in [1.29, 1.82) is 0 Å². The molecule has 0 amide bonds. The van der Waals surface area contributed by atoms with Crippen LogP contribution >= 0.6 is 0 Å². The molecule has 1 aromatic carbocycles. The topological polar surface area (TPSA) is 83.7 Å². The number of nitrogens with zero attached hydrogens (tertiary/aromatic N) is 2. The van der Waals surface area contributed by atoms with Gasteiger partial charge in [-0.3, -0.25) is 19.8 Å². The maximum Gasteiger partial charge on any atom is 0.317 e. The number of hydrogen-bond acceptors (Lipinski definition) is 4. The molecule has 104 valence electrons. The predicted octanol–water partition coefficient (Wildman–Crippen LogP) is 2.03. The molecule has 6 nitrogen and oxygen atoms in total. The molecular formula is C12H15FN2O4. The molecule has 0 aliphatic carbocycles. The number of carboxylic acid groups (broad SMARTS) is 1. The number of aliphatic carboxylic acids is 1. The molecule has 0 spiro atoms. The first-order valence-corrected chi connectivity index (χ1v) is 5.70. The van der Waals surface area contributed by atoms with Gasteiger partial charge >= 0.3 is 11.7 Å². The summed E-state index contributed by atoms with van der Waals surface area (Å²) in [5, 5.41) is 19.4. The van der Waals surface area contributed by atoms with Crippen LogP contribution in [0.1, 0.15) is 19.4 Å². The first-order valence-electron chi connectivity index (χ1n) is 5.70. The molecule has 1 N–H and O–H groups in total. The van der Waals surface area contributed by atoms with E-state index in [4.69, 9.17) is 5.11 Å². The Morgan fingerprint density at radius 2 is 2.16 bits per heavy atom. The van der Waals surface area contributed by atoms with E-state index in [2.05, 4.69) is 0 Å². The Kier molecular flexibility index (Phi) is 4.94. The fourth-order valence-corrected chi connectivity index (χ4v) is 1.64. The minimum atomic E-state index is -1.03. The molecule has 0 aliphatic rings. The maximum absolute atomic E-state index is 13.9. The van der Waals surface area contributed by atoms with Crippen LogP contribution in [0.5, 0.6) is 0 Å². The summed E-state index contributed by atoms with van der Waals surface area (Å²) in [5.41, 5.74) is -0.485. The Hall–Kier alpha value is -2.02. The van der Waals surface area contributed by atoms with Gasteiger partial charge in [-0.1, -0.05) is 12.1 Å². The summed E-state index contributed by atoms with van der Waals surface area (Å²) in [7, 11) is 0. The Morgan fingerprint density at radius 3 is 2.63 bits per heavy atom. The van der Waals surface area contributed by atoms with Crippen molar-refractivity contribution in [3.63, 3.8) is 0 Å². The summed E-state index contributed by atoms with van der Waals surface area (Å²) in [4.78, 5) is 22.1. The van der Waals surface area contributed by atoms with Gasteiger partial charge in [-0.05, 0) is 13.8 Å². The van der Waals surface area contributed by atoms with E-state index in [1.165, 1.54) is 17.0 Å². The highest BCUT2D eigenvalue weighted by atomic mass is 19.1. The highest BCUT2D eigenvalue weighted by molar-refractivity contribution is 5.69. The van der Waals surface area contributed by atoms with Gasteiger partial charge in [-0.25, -0.2) is 0 Å². The quantitative estimate of drug-likeness (QED) is 0.631. The molecule has 0 fully saturated rings. The molecule has 1 rings (SSSR count). The molecule has 0 unspecified atom stereocenters. The van der Waals surface area contributed by atoms with Crippen LogP contribution in [-0.4, -0.2) is 33.5 Å². The molecule has 0 aliphatic heterocycles. The van der Waals surface area contributed by atoms with Crippen molar-refractivity contribution in [3.8, 4) is 0 Å². The lowest BCUT2D eigenvalue weighted by atomic mass is 10.1. The second kappa shape index (κ2) is 6.24. The molecule has 0 saturated carbocycles. The second-order valence-electron chi connectivity index (χ2n) is 4.40. The standard InChI is InChI=1S/C12H15FN2O4/c1-8(2)14(7-11(16)17)6-9-4-3-5-10(12(9)13)15(18)19/h3-5,8H,6-7H2,1-2H3,(H,16,17). The normalized spacial score (nSPS) is 11.0. The van der Waals surface area contributed by atoms with E-state index in [0.717, 1.165) is 6.07 Å². The van der Waals surface area contributed by atoms with Crippen LogP contribution in [0, 0.1) is 15.9 Å². The molecule has 0 radical (unpaired) electrons. The van der Waals surface area contributed by atoms with Crippen molar-refractivity contribution >= 4 is 11.7 Å². The van der Waals surface area contributed by atoms with Gasteiger partial charge in [0.25, 0.3) is 0 Å². The lowest BCUT2D eigenvalue weighted by Crippen LogP contribution is -2.35. The number of nitro benzene ring substituents is 1. The number of benzene rings is 1. The highest BCUT2D eigenvalue weighted by Crippen LogP contribution is 2.21. The first-order chi connectivity index (χ1) is 8.82. The van der Waals surface area contributed by atoms with E-state index in [1.807, 2.05) is 0 Å². The van der Waals surface area contributed by atoms with Crippen molar-refractivity contribution < 1.29 is 19.2 Å². The Labute approximate surface area is 109 Å². The van der Waals surface area contributed by atoms with E-state index in [9.17, 15) is 19.3 Å². The van der Waals surface area contributed by atoms with E-state index in [0.29, 0.717) is 0 Å². The minimum absolute atomic E-state index is 0.0114. The number of halogens is 1. The minimum Gasteiger partial charge on any atom is -0.480 e. The van der Waals surface area contributed by atoms with E-state index < -0.39 is 22.4 Å². The van der Waals surface area contributed by atoms with E-state index >= 15 is 0 Å². The van der Waals surface area contributed by atoms with Crippen molar-refractivity contribution in [2.45, 2.75) is 26.4 Å². The van der Waals surface area contributed by atoms with Crippen LogP contribution in [0.4, 0.5) is 10.1 Å². The monoisotopic (exact) mass is 270 g/mol. The summed E-state index contributed by atoms with van der Waals surface area (Å²) in [5.74, 6) is -1.94. The second-order valence-corrected chi connectivity index (χ2v) is 4.40. The van der Waals surface area contributed by atoms with Crippen LogP contribution in [0.25, 0.3) is 0 Å². The SMILES string of the molecule is CC(C)N(CC(=O)O)Cc1cccc([N+](=O)[O-])c1F. The van der Waals surface area contributed by atoms with Crippen molar-refractivity contribution in [3.05, 3.63) is 39.7 Å². The van der Waals surface area contributed by atoms with Gasteiger partial charge in [0.1, 0.15) is 0 Å². The molecule has 0 bridgehead atoms. The van der Waals surface area contributed by atoms with Gasteiger partial charge in [0.2, 0.25) is 5.82 Å². The maximum atomic E-state index is 13.9. The Bertz CT molecular complexity index is 491. The van der Waals surface area contributed by atoms with E-state index in [1.54, 1.807) is 13.8 Å². The fraction of sp³-hybridized carbons (Fsp3) is 0.417. The summed E-state index contributed by atoms with van der Waals surface area (Å²) in [6.45, 7) is 3.31. The average molecular weight is 270 g/mol. The highest BCUT2D eigenvalue weighted by Gasteiger charge is 2.21. The summed E-state index contributed by atoms with van der Waals surface area (Å²) >= 11 is 0. The van der Waals surface area contributed by atoms with Gasteiger partial charge in [-0.2, -0.15) is 4.39 Å². The van der Waals surface area contributed by atoms with Crippen molar-refractivity contribution in [2.24, 2.45) is 0 Å². The molecule has 19 heavy (non-hydrogen) atoms. The smallest absolute Gasteiger partial charge is 0.317 e. The van der Waals surface area contributed by atoms with Crippen LogP contribution in [0.15, 0.2) is 18.2 Å². The van der Waals surface area contributed by atoms with Gasteiger partial charge in [0.15, 0.2) is 0 Å². The fourth-order valence-electron chi connectivity index (χ4n) is 1.64. The van der Waals surface area contributed by atoms with Gasteiger partial charge in [0.05, 0.1) is 11.5 Å². The van der Waals surface area contributed by atoms with E-state index in [-0.39, 0.29) is 24.7 Å². The molecule has 0 saturated heterocycles. The van der Waals surface area contributed by atoms with Crippen LogP contribution in [0.2, 0.25) is 0 Å². The number of nitro groups is 1. The lowest BCUT2D eigenvalue weighted by Gasteiger charge is -2.24. The molecule has 7 heteroatoms.